The van der Waals surface area contributed by atoms with Crippen molar-refractivity contribution < 1.29 is 8.42 Å². The van der Waals surface area contributed by atoms with Crippen molar-refractivity contribution in [3.63, 3.8) is 0 Å². The highest BCUT2D eigenvalue weighted by Gasteiger charge is 2.39. The summed E-state index contributed by atoms with van der Waals surface area (Å²) < 4.78 is 27.7. The molecule has 0 spiro atoms. The molecule has 1 aromatic carbocycles. The van der Waals surface area contributed by atoms with E-state index in [1.54, 1.807) is 28.6 Å². The molecule has 0 aliphatic carbocycles. The van der Waals surface area contributed by atoms with Gasteiger partial charge < -0.3 is 5.32 Å². The van der Waals surface area contributed by atoms with Crippen molar-refractivity contribution in [2.75, 3.05) is 19.6 Å². The van der Waals surface area contributed by atoms with E-state index in [-0.39, 0.29) is 0 Å². The Hall–Kier alpha value is -0.430. The van der Waals surface area contributed by atoms with E-state index in [9.17, 15) is 8.42 Å². The number of halogens is 1. The number of sulfonamides is 1. The van der Waals surface area contributed by atoms with Crippen LogP contribution in [0.15, 0.2) is 33.6 Å². The summed E-state index contributed by atoms with van der Waals surface area (Å²) in [6.45, 7) is 2.26. The predicted molar refractivity (Wildman–Crippen MR) is 77.4 cm³/mol. The molecule has 2 fully saturated rings. The van der Waals surface area contributed by atoms with Crippen molar-refractivity contribution in [2.24, 2.45) is 5.92 Å². The fraction of sp³-hybridized carbons (Fsp3) is 0.538. The zero-order chi connectivity index (χ0) is 13.5. The van der Waals surface area contributed by atoms with Gasteiger partial charge in [-0.1, -0.05) is 15.9 Å². The SMILES string of the molecule is O=S(=O)(c1ccc(Br)cc1)N1CC2CCCNC2C1. The molecule has 2 saturated heterocycles. The molecular weight excluding hydrogens is 328 g/mol. The van der Waals surface area contributed by atoms with Crippen LogP contribution in [0.2, 0.25) is 0 Å². The molecule has 0 aromatic heterocycles. The van der Waals surface area contributed by atoms with Crippen LogP contribution in [-0.4, -0.2) is 38.4 Å². The topological polar surface area (TPSA) is 49.4 Å². The van der Waals surface area contributed by atoms with Gasteiger partial charge in [0.05, 0.1) is 4.90 Å². The van der Waals surface area contributed by atoms with Crippen LogP contribution >= 0.6 is 15.9 Å². The fourth-order valence-electron chi connectivity index (χ4n) is 2.96. The molecule has 1 aromatic rings. The van der Waals surface area contributed by atoms with Crippen LogP contribution in [0.4, 0.5) is 0 Å². The third kappa shape index (κ3) is 2.59. The van der Waals surface area contributed by atoms with Gasteiger partial charge in [0.2, 0.25) is 10.0 Å². The first-order valence-corrected chi connectivity index (χ1v) is 8.80. The summed E-state index contributed by atoms with van der Waals surface area (Å²) >= 11 is 3.33. The van der Waals surface area contributed by atoms with Crippen molar-refractivity contribution in [1.29, 1.82) is 0 Å². The average molecular weight is 345 g/mol. The van der Waals surface area contributed by atoms with Crippen LogP contribution in [0.1, 0.15) is 12.8 Å². The first-order valence-electron chi connectivity index (χ1n) is 6.56. The van der Waals surface area contributed by atoms with E-state index in [4.69, 9.17) is 0 Å². The summed E-state index contributed by atoms with van der Waals surface area (Å²) in [5, 5.41) is 3.43. The van der Waals surface area contributed by atoms with Crippen LogP contribution in [0, 0.1) is 5.92 Å². The lowest BCUT2D eigenvalue weighted by Crippen LogP contribution is -2.41. The number of fused-ring (bicyclic) bond motifs is 1. The second-order valence-electron chi connectivity index (χ2n) is 5.24. The molecule has 3 rings (SSSR count). The Morgan fingerprint density at radius 2 is 1.95 bits per heavy atom. The van der Waals surface area contributed by atoms with Gasteiger partial charge in [0.1, 0.15) is 0 Å². The molecule has 4 nitrogen and oxygen atoms in total. The Morgan fingerprint density at radius 1 is 1.21 bits per heavy atom. The van der Waals surface area contributed by atoms with Gasteiger partial charge in [0.25, 0.3) is 0 Å². The molecule has 1 N–H and O–H groups in total. The molecule has 2 heterocycles. The third-order valence-corrected chi connectivity index (χ3v) is 6.39. The summed E-state index contributed by atoms with van der Waals surface area (Å²) in [5.41, 5.74) is 0. The molecule has 2 atom stereocenters. The Labute approximate surface area is 122 Å². The van der Waals surface area contributed by atoms with E-state index in [1.165, 1.54) is 0 Å². The van der Waals surface area contributed by atoms with Gasteiger partial charge in [-0.25, -0.2) is 8.42 Å². The average Bonchev–Trinajstić information content (AvgIpc) is 2.83. The Kier molecular flexibility index (Phi) is 3.68. The molecule has 2 aliphatic heterocycles. The molecule has 19 heavy (non-hydrogen) atoms. The Balaban J connectivity index is 1.83. The van der Waals surface area contributed by atoms with Gasteiger partial charge >= 0.3 is 0 Å². The Morgan fingerprint density at radius 3 is 2.63 bits per heavy atom. The summed E-state index contributed by atoms with van der Waals surface area (Å²) in [6, 6.07) is 7.20. The molecule has 0 amide bonds. The summed E-state index contributed by atoms with van der Waals surface area (Å²) in [7, 11) is -3.34. The second kappa shape index (κ2) is 5.16. The van der Waals surface area contributed by atoms with E-state index >= 15 is 0 Å². The standard InChI is InChI=1S/C13H17BrN2O2S/c14-11-3-5-12(6-4-11)19(17,18)16-8-10-2-1-7-15-13(10)9-16/h3-6,10,13,15H,1-2,7-9H2. The van der Waals surface area contributed by atoms with Crippen LogP contribution in [-0.2, 0) is 10.0 Å². The monoisotopic (exact) mass is 344 g/mol. The first-order chi connectivity index (χ1) is 9.07. The predicted octanol–water partition coefficient (Wildman–Crippen LogP) is 1.82. The van der Waals surface area contributed by atoms with Gasteiger partial charge in [0, 0.05) is 23.6 Å². The maximum atomic E-state index is 12.6. The van der Waals surface area contributed by atoms with E-state index in [0.717, 1.165) is 23.9 Å². The number of hydrogen-bond acceptors (Lipinski definition) is 3. The van der Waals surface area contributed by atoms with Crippen LogP contribution in [0.5, 0.6) is 0 Å². The van der Waals surface area contributed by atoms with Gasteiger partial charge in [-0.3, -0.25) is 0 Å². The van der Waals surface area contributed by atoms with E-state index in [2.05, 4.69) is 21.2 Å². The highest BCUT2D eigenvalue weighted by atomic mass is 79.9. The lowest BCUT2D eigenvalue weighted by molar-refractivity contribution is 0.339. The van der Waals surface area contributed by atoms with Gasteiger partial charge in [0.15, 0.2) is 0 Å². The molecule has 6 heteroatoms. The number of nitrogens with one attached hydrogen (secondary N) is 1. The summed E-state index contributed by atoms with van der Waals surface area (Å²) in [5.74, 6) is 0.471. The van der Waals surface area contributed by atoms with Crippen molar-refractivity contribution in [1.82, 2.24) is 9.62 Å². The molecule has 2 unspecified atom stereocenters. The van der Waals surface area contributed by atoms with E-state index in [1.807, 2.05) is 0 Å². The maximum absolute atomic E-state index is 12.6. The number of rotatable bonds is 2. The highest BCUT2D eigenvalue weighted by molar-refractivity contribution is 9.10. The third-order valence-electron chi connectivity index (χ3n) is 4.02. The smallest absolute Gasteiger partial charge is 0.243 e. The van der Waals surface area contributed by atoms with Crippen LogP contribution < -0.4 is 5.32 Å². The summed E-state index contributed by atoms with van der Waals surface area (Å²) in [4.78, 5) is 0.384. The van der Waals surface area contributed by atoms with Gasteiger partial charge in [-0.05, 0) is 49.6 Å². The molecular formula is C13H17BrN2O2S. The molecule has 2 aliphatic rings. The lowest BCUT2D eigenvalue weighted by atomic mass is 9.94. The minimum atomic E-state index is -3.34. The molecule has 0 bridgehead atoms. The van der Waals surface area contributed by atoms with E-state index in [0.29, 0.717) is 29.9 Å². The van der Waals surface area contributed by atoms with Crippen molar-refractivity contribution in [3.05, 3.63) is 28.7 Å². The summed E-state index contributed by atoms with van der Waals surface area (Å²) in [6.07, 6.45) is 2.28. The second-order valence-corrected chi connectivity index (χ2v) is 8.09. The first kappa shape index (κ1) is 13.5. The Bertz CT molecular complexity index is 545. The molecule has 0 saturated carbocycles. The molecule has 0 radical (unpaired) electrons. The van der Waals surface area contributed by atoms with Crippen molar-refractivity contribution in [3.8, 4) is 0 Å². The normalized spacial score (nSPS) is 28.3. The van der Waals surface area contributed by atoms with Gasteiger partial charge in [-0.2, -0.15) is 4.31 Å². The minimum absolute atomic E-state index is 0.332. The van der Waals surface area contributed by atoms with E-state index < -0.39 is 10.0 Å². The van der Waals surface area contributed by atoms with Crippen LogP contribution in [0.25, 0.3) is 0 Å². The fourth-order valence-corrected chi connectivity index (χ4v) is 4.75. The van der Waals surface area contributed by atoms with Gasteiger partial charge in [-0.15, -0.1) is 0 Å². The molecule has 104 valence electrons. The largest absolute Gasteiger partial charge is 0.312 e. The number of benzene rings is 1. The number of piperidine rings is 1. The lowest BCUT2D eigenvalue weighted by Gasteiger charge is -2.24. The zero-order valence-corrected chi connectivity index (χ0v) is 13.0. The van der Waals surface area contributed by atoms with Crippen molar-refractivity contribution in [2.45, 2.75) is 23.8 Å². The minimum Gasteiger partial charge on any atom is -0.312 e. The number of nitrogens with zero attached hydrogens (tertiary/aromatic N) is 1. The number of hydrogen-bond donors (Lipinski definition) is 1. The van der Waals surface area contributed by atoms with Crippen LogP contribution in [0.3, 0.4) is 0 Å². The highest BCUT2D eigenvalue weighted by Crippen LogP contribution is 2.29. The zero-order valence-electron chi connectivity index (χ0n) is 10.5. The maximum Gasteiger partial charge on any atom is 0.243 e. The van der Waals surface area contributed by atoms with Crippen molar-refractivity contribution >= 4 is 26.0 Å². The quantitative estimate of drug-likeness (QED) is 0.890.